The smallest absolute Gasteiger partial charge is 0.332 e. The Bertz CT molecular complexity index is 1120. The first-order valence-electron chi connectivity index (χ1n) is 7.97. The van der Waals surface area contributed by atoms with Crippen LogP contribution >= 0.6 is 11.3 Å². The molecule has 0 aliphatic heterocycles. The van der Waals surface area contributed by atoms with Crippen LogP contribution in [-0.4, -0.2) is 9.08 Å². The van der Waals surface area contributed by atoms with E-state index in [0.29, 0.717) is 33.4 Å². The van der Waals surface area contributed by atoms with Crippen LogP contribution in [0.3, 0.4) is 0 Å². The van der Waals surface area contributed by atoms with Crippen molar-refractivity contribution in [2.75, 3.05) is 5.84 Å². The number of nitrogens with zero attached hydrogens (tertiary/aromatic N) is 2. The van der Waals surface area contributed by atoms with Crippen molar-refractivity contribution in [1.82, 2.24) is 9.08 Å². The van der Waals surface area contributed by atoms with E-state index in [9.17, 15) is 14.0 Å². The normalized spacial score (nSPS) is 14.4. The fourth-order valence-corrected chi connectivity index (χ4v) is 4.32. The van der Waals surface area contributed by atoms with E-state index in [-0.39, 0.29) is 5.92 Å². The van der Waals surface area contributed by atoms with E-state index < -0.39 is 17.1 Å². The lowest BCUT2D eigenvalue weighted by atomic mass is 10.0. The van der Waals surface area contributed by atoms with Gasteiger partial charge in [-0.1, -0.05) is 0 Å². The summed E-state index contributed by atoms with van der Waals surface area (Å²) in [6.45, 7) is 2.11. The number of halogens is 1. The van der Waals surface area contributed by atoms with Crippen LogP contribution in [-0.2, 0) is 6.54 Å². The summed E-state index contributed by atoms with van der Waals surface area (Å²) in [7, 11) is 0. The lowest BCUT2D eigenvalue weighted by molar-refractivity contribution is 0.616. The van der Waals surface area contributed by atoms with Gasteiger partial charge in [0.25, 0.3) is 5.56 Å². The van der Waals surface area contributed by atoms with Crippen LogP contribution in [0, 0.1) is 12.7 Å². The molecule has 1 fully saturated rings. The summed E-state index contributed by atoms with van der Waals surface area (Å²) in [6, 6.07) is 1.84. The number of nitrogens with two attached hydrogens (primary N) is 2. The monoisotopic (exact) mass is 360 g/mol. The summed E-state index contributed by atoms with van der Waals surface area (Å²) in [5.41, 5.74) is 7.26. The third-order valence-corrected chi connectivity index (χ3v) is 5.69. The van der Waals surface area contributed by atoms with Gasteiger partial charge < -0.3 is 11.6 Å². The zero-order valence-corrected chi connectivity index (χ0v) is 14.4. The van der Waals surface area contributed by atoms with Gasteiger partial charge in [-0.25, -0.2) is 9.18 Å². The second-order valence-electron chi connectivity index (χ2n) is 6.36. The summed E-state index contributed by atoms with van der Waals surface area (Å²) >= 11 is 1.39. The standard InChI is InChI=1S/C17H17FN4O2S/c1-8-13(12-4-9(5-19)7-25-12)11(18)6-21-15(8)14(10-2-3-10)16(23)22(20)17(21)24/h4,6-7,10H,2-3,5,19-20H2,1H3. The molecule has 0 aromatic carbocycles. The molecule has 8 heteroatoms. The van der Waals surface area contributed by atoms with Crippen molar-refractivity contribution in [3.8, 4) is 10.4 Å². The summed E-state index contributed by atoms with van der Waals surface area (Å²) in [6.07, 6.45) is 2.85. The highest BCUT2D eigenvalue weighted by Crippen LogP contribution is 2.42. The first-order valence-corrected chi connectivity index (χ1v) is 8.85. The summed E-state index contributed by atoms with van der Waals surface area (Å²) in [5.74, 6) is 5.16. The molecule has 130 valence electrons. The zero-order chi connectivity index (χ0) is 17.9. The number of fused-ring (bicyclic) bond motifs is 1. The minimum Gasteiger partial charge on any atom is -0.332 e. The highest BCUT2D eigenvalue weighted by atomic mass is 32.1. The van der Waals surface area contributed by atoms with Crippen LogP contribution < -0.4 is 22.8 Å². The highest BCUT2D eigenvalue weighted by Gasteiger charge is 2.32. The van der Waals surface area contributed by atoms with Crippen LogP contribution in [0.4, 0.5) is 4.39 Å². The molecule has 4 N–H and O–H groups in total. The second kappa shape index (κ2) is 5.53. The van der Waals surface area contributed by atoms with Crippen LogP contribution in [0.15, 0.2) is 27.2 Å². The van der Waals surface area contributed by atoms with E-state index in [2.05, 4.69) is 0 Å². The lowest BCUT2D eigenvalue weighted by Crippen LogP contribution is -2.44. The van der Waals surface area contributed by atoms with Crippen molar-refractivity contribution >= 4 is 16.9 Å². The van der Waals surface area contributed by atoms with Crippen LogP contribution in [0.25, 0.3) is 16.0 Å². The molecule has 1 saturated carbocycles. The molecule has 6 nitrogen and oxygen atoms in total. The number of aromatic nitrogens is 2. The van der Waals surface area contributed by atoms with Gasteiger partial charge in [0.1, 0.15) is 5.82 Å². The molecule has 25 heavy (non-hydrogen) atoms. The molecule has 1 aliphatic rings. The molecule has 0 radical (unpaired) electrons. The predicted molar refractivity (Wildman–Crippen MR) is 96.0 cm³/mol. The van der Waals surface area contributed by atoms with Gasteiger partial charge >= 0.3 is 5.69 Å². The molecule has 0 bridgehead atoms. The highest BCUT2D eigenvalue weighted by molar-refractivity contribution is 7.13. The maximum Gasteiger partial charge on any atom is 0.354 e. The third-order valence-electron chi connectivity index (χ3n) is 4.69. The van der Waals surface area contributed by atoms with Gasteiger partial charge in [-0.3, -0.25) is 9.20 Å². The minimum absolute atomic E-state index is 0.0675. The maximum absolute atomic E-state index is 14.8. The van der Waals surface area contributed by atoms with E-state index in [1.165, 1.54) is 11.3 Å². The number of hydrogen-bond donors (Lipinski definition) is 2. The minimum atomic E-state index is -0.744. The Morgan fingerprint density at radius 1 is 1.36 bits per heavy atom. The van der Waals surface area contributed by atoms with Gasteiger partial charge in [0.2, 0.25) is 0 Å². The third kappa shape index (κ3) is 2.32. The Morgan fingerprint density at radius 2 is 2.08 bits per heavy atom. The largest absolute Gasteiger partial charge is 0.354 e. The summed E-state index contributed by atoms with van der Waals surface area (Å²) in [5, 5.41) is 1.88. The van der Waals surface area contributed by atoms with Gasteiger partial charge in [-0.2, -0.15) is 4.68 Å². The van der Waals surface area contributed by atoms with Crippen molar-refractivity contribution in [2.24, 2.45) is 5.73 Å². The Labute approximate surface area is 146 Å². The molecule has 3 aromatic rings. The van der Waals surface area contributed by atoms with Gasteiger partial charge in [-0.05, 0) is 48.3 Å². The Morgan fingerprint density at radius 3 is 2.68 bits per heavy atom. The molecular formula is C17H17FN4O2S. The number of pyridine rings is 1. The average Bonchev–Trinajstić information content (AvgIpc) is 3.31. The molecule has 3 heterocycles. The van der Waals surface area contributed by atoms with Gasteiger partial charge in [-0.15, -0.1) is 11.3 Å². The van der Waals surface area contributed by atoms with Gasteiger partial charge in [0, 0.05) is 22.5 Å². The molecular weight excluding hydrogens is 343 g/mol. The molecule has 0 atom stereocenters. The molecule has 3 aromatic heterocycles. The van der Waals surface area contributed by atoms with E-state index in [1.807, 2.05) is 11.4 Å². The van der Waals surface area contributed by atoms with Gasteiger partial charge in [0.15, 0.2) is 0 Å². The average molecular weight is 360 g/mol. The maximum atomic E-state index is 14.8. The quantitative estimate of drug-likeness (QED) is 0.695. The second-order valence-corrected chi connectivity index (χ2v) is 7.28. The zero-order valence-electron chi connectivity index (χ0n) is 13.6. The first-order chi connectivity index (χ1) is 11.9. The molecule has 0 spiro atoms. The Balaban J connectivity index is 2.14. The molecule has 0 saturated heterocycles. The molecule has 4 rings (SSSR count). The van der Waals surface area contributed by atoms with Crippen molar-refractivity contribution in [3.05, 3.63) is 61.0 Å². The lowest BCUT2D eigenvalue weighted by Gasteiger charge is -2.15. The van der Waals surface area contributed by atoms with Crippen LogP contribution in [0.5, 0.6) is 0 Å². The first kappa shape index (κ1) is 16.0. The summed E-state index contributed by atoms with van der Waals surface area (Å²) < 4.78 is 16.5. The Hall–Kier alpha value is -2.45. The van der Waals surface area contributed by atoms with E-state index in [0.717, 1.165) is 33.9 Å². The summed E-state index contributed by atoms with van der Waals surface area (Å²) in [4.78, 5) is 25.6. The number of hydrogen-bond acceptors (Lipinski definition) is 5. The van der Waals surface area contributed by atoms with E-state index in [4.69, 9.17) is 11.6 Å². The van der Waals surface area contributed by atoms with Crippen molar-refractivity contribution < 1.29 is 4.39 Å². The van der Waals surface area contributed by atoms with Crippen LogP contribution in [0.1, 0.15) is 35.4 Å². The van der Waals surface area contributed by atoms with Crippen LogP contribution in [0.2, 0.25) is 0 Å². The molecule has 1 aliphatic carbocycles. The topological polar surface area (TPSA) is 95.5 Å². The Kier molecular flexibility index (Phi) is 3.55. The predicted octanol–water partition coefficient (Wildman–Crippen LogP) is 1.69. The van der Waals surface area contributed by atoms with Crippen molar-refractivity contribution in [3.63, 3.8) is 0 Å². The fourth-order valence-electron chi connectivity index (χ4n) is 3.29. The fraction of sp³-hybridized carbons (Fsp3) is 0.294. The van der Waals surface area contributed by atoms with Gasteiger partial charge in [0.05, 0.1) is 11.7 Å². The SMILES string of the molecule is Cc1c(-c2cc(CN)cs2)c(F)cn2c(=O)n(N)c(=O)c(C3CC3)c12. The molecule has 0 amide bonds. The number of nitrogen functional groups attached to an aromatic ring is 1. The van der Waals surface area contributed by atoms with Crippen molar-refractivity contribution in [2.45, 2.75) is 32.2 Å². The number of aryl methyl sites for hydroxylation is 1. The van der Waals surface area contributed by atoms with E-state index >= 15 is 0 Å². The number of rotatable bonds is 3. The van der Waals surface area contributed by atoms with Crippen molar-refractivity contribution in [1.29, 1.82) is 0 Å². The molecule has 0 unspecified atom stereocenters. The number of thiophene rings is 1. The van der Waals surface area contributed by atoms with E-state index in [1.54, 1.807) is 6.92 Å².